The topological polar surface area (TPSA) is 98.2 Å². The molecule has 0 radical (unpaired) electrons. The molecule has 1 N–H and O–H groups in total. The second-order valence-corrected chi connectivity index (χ2v) is 12.1. The fourth-order valence-corrected chi connectivity index (χ4v) is 6.40. The Kier molecular flexibility index (Phi) is 7.36. The number of aliphatic hydroxyl groups excluding tert-OH is 1. The highest BCUT2D eigenvalue weighted by Crippen LogP contribution is 2.45. The minimum absolute atomic E-state index is 0.00285. The maximum Gasteiger partial charge on any atom is 0.301 e. The van der Waals surface area contributed by atoms with Crippen LogP contribution in [0, 0.1) is 5.92 Å². The Morgan fingerprint density at radius 1 is 1.12 bits per heavy atom. The number of aliphatic hydroxyl groups is 1. The third kappa shape index (κ3) is 5.09. The molecule has 1 fully saturated rings. The van der Waals surface area contributed by atoms with E-state index in [1.54, 1.807) is 25.3 Å². The maximum absolute atomic E-state index is 13.7. The lowest BCUT2D eigenvalue weighted by Crippen LogP contribution is -2.29. The number of methoxy groups -OCH3 is 1. The Balaban J connectivity index is 1.48. The standard InChI is InChI=1S/C33H32N2O6S/c1-18(2)12-13-40-24-7-5-6-20(16-24)29-28(30(36)21-8-11-26-22(15-21)14-19(3)41-26)31(37)32(38)35(29)33-34-25-10-9-23(39-4)17-27(25)42-33/h5-11,15-19,29,36H,12-14H2,1-4H3/b30-28-. The Labute approximate surface area is 248 Å². The number of carbonyl (C=O) groups is 2. The second kappa shape index (κ2) is 11.1. The van der Waals surface area contributed by atoms with Crippen molar-refractivity contribution in [1.82, 2.24) is 4.98 Å². The molecule has 0 aliphatic carbocycles. The average molecular weight is 585 g/mol. The Morgan fingerprint density at radius 2 is 1.95 bits per heavy atom. The highest BCUT2D eigenvalue weighted by molar-refractivity contribution is 7.22. The average Bonchev–Trinajstić information content (AvgIpc) is 3.64. The second-order valence-electron chi connectivity index (χ2n) is 11.1. The summed E-state index contributed by atoms with van der Waals surface area (Å²) in [6, 6.07) is 17.2. The SMILES string of the molecule is COc1ccc2nc(N3C(=O)C(=O)/C(=C(\O)c4ccc5c(c4)CC(C)O5)C3c3cccc(OCCC(C)C)c3)sc2c1. The van der Waals surface area contributed by atoms with Crippen LogP contribution in [-0.2, 0) is 16.0 Å². The molecule has 3 heterocycles. The molecule has 8 nitrogen and oxygen atoms in total. The lowest BCUT2D eigenvalue weighted by Gasteiger charge is -2.23. The summed E-state index contributed by atoms with van der Waals surface area (Å²) in [5.74, 6) is 0.763. The van der Waals surface area contributed by atoms with E-state index in [1.807, 2.05) is 49.4 Å². The first kappa shape index (κ1) is 27.8. The molecule has 9 heteroatoms. The van der Waals surface area contributed by atoms with Gasteiger partial charge in [0, 0.05) is 12.0 Å². The van der Waals surface area contributed by atoms with Gasteiger partial charge in [-0.25, -0.2) is 4.98 Å². The van der Waals surface area contributed by atoms with E-state index in [0.29, 0.717) is 52.2 Å². The zero-order valence-electron chi connectivity index (χ0n) is 23.9. The summed E-state index contributed by atoms with van der Waals surface area (Å²) in [5, 5.41) is 12.0. The van der Waals surface area contributed by atoms with Crippen LogP contribution >= 0.6 is 11.3 Å². The van der Waals surface area contributed by atoms with Gasteiger partial charge in [-0.2, -0.15) is 0 Å². The number of Topliss-reactive ketones (excluding diaryl/α,β-unsaturated/α-hetero) is 1. The summed E-state index contributed by atoms with van der Waals surface area (Å²) in [6.07, 6.45) is 1.61. The number of anilines is 1. The first-order valence-electron chi connectivity index (χ1n) is 14.0. The van der Waals surface area contributed by atoms with Crippen molar-refractivity contribution in [3.05, 3.63) is 82.9 Å². The summed E-state index contributed by atoms with van der Waals surface area (Å²) >= 11 is 1.29. The van der Waals surface area contributed by atoms with Gasteiger partial charge < -0.3 is 19.3 Å². The van der Waals surface area contributed by atoms with Crippen LogP contribution in [0.5, 0.6) is 17.2 Å². The monoisotopic (exact) mass is 584 g/mol. The van der Waals surface area contributed by atoms with Gasteiger partial charge >= 0.3 is 5.91 Å². The van der Waals surface area contributed by atoms with Crippen LogP contribution in [0.15, 0.2) is 66.2 Å². The molecule has 4 aromatic rings. The van der Waals surface area contributed by atoms with E-state index in [-0.39, 0.29) is 17.4 Å². The van der Waals surface area contributed by atoms with Gasteiger partial charge in [0.1, 0.15) is 29.1 Å². The number of amides is 1. The first-order chi connectivity index (χ1) is 20.2. The van der Waals surface area contributed by atoms with Crippen LogP contribution in [0.1, 0.15) is 49.9 Å². The van der Waals surface area contributed by atoms with Crippen LogP contribution in [0.2, 0.25) is 0 Å². The number of benzene rings is 3. The number of nitrogens with zero attached hydrogens (tertiary/aromatic N) is 2. The Hall–Kier alpha value is -4.37. The Bertz CT molecular complexity index is 1720. The number of hydrogen-bond donors (Lipinski definition) is 1. The summed E-state index contributed by atoms with van der Waals surface area (Å²) in [5.41, 5.74) is 2.71. The van der Waals surface area contributed by atoms with Gasteiger partial charge in [-0.05, 0) is 78.9 Å². The van der Waals surface area contributed by atoms with Crippen LogP contribution in [0.3, 0.4) is 0 Å². The molecule has 6 rings (SSSR count). The molecule has 1 saturated heterocycles. The molecule has 1 amide bonds. The van der Waals surface area contributed by atoms with E-state index in [9.17, 15) is 14.7 Å². The number of ether oxygens (including phenoxy) is 3. The molecule has 2 aliphatic rings. The molecule has 0 bridgehead atoms. The number of aromatic nitrogens is 1. The third-order valence-corrected chi connectivity index (χ3v) is 8.56. The largest absolute Gasteiger partial charge is 0.507 e. The van der Waals surface area contributed by atoms with Crippen molar-refractivity contribution in [3.8, 4) is 17.2 Å². The minimum Gasteiger partial charge on any atom is -0.507 e. The highest BCUT2D eigenvalue weighted by Gasteiger charge is 2.48. The maximum atomic E-state index is 13.7. The number of hydrogen-bond acceptors (Lipinski definition) is 8. The first-order valence-corrected chi connectivity index (χ1v) is 14.8. The predicted octanol–water partition coefficient (Wildman–Crippen LogP) is 6.68. The number of thiazole rings is 1. The smallest absolute Gasteiger partial charge is 0.301 e. The van der Waals surface area contributed by atoms with Gasteiger partial charge in [0.05, 0.1) is 35.5 Å². The summed E-state index contributed by atoms with van der Waals surface area (Å²) in [7, 11) is 1.59. The van der Waals surface area contributed by atoms with Gasteiger partial charge in [-0.15, -0.1) is 0 Å². The molecule has 2 atom stereocenters. The van der Waals surface area contributed by atoms with E-state index < -0.39 is 17.7 Å². The fraction of sp³-hybridized carbons (Fsp3) is 0.303. The van der Waals surface area contributed by atoms with Gasteiger partial charge in [0.15, 0.2) is 5.13 Å². The highest BCUT2D eigenvalue weighted by atomic mass is 32.1. The molecule has 2 aliphatic heterocycles. The normalized spacial score (nSPS) is 19.4. The zero-order valence-corrected chi connectivity index (χ0v) is 24.7. The van der Waals surface area contributed by atoms with Crippen LogP contribution in [0.4, 0.5) is 5.13 Å². The van der Waals surface area contributed by atoms with E-state index in [4.69, 9.17) is 19.2 Å². The quantitative estimate of drug-likeness (QED) is 0.140. The van der Waals surface area contributed by atoms with Crippen molar-refractivity contribution in [2.75, 3.05) is 18.6 Å². The molecular weight excluding hydrogens is 552 g/mol. The molecule has 2 unspecified atom stereocenters. The van der Waals surface area contributed by atoms with Gasteiger partial charge in [0.25, 0.3) is 5.78 Å². The molecule has 1 aromatic heterocycles. The number of ketones is 1. The van der Waals surface area contributed by atoms with E-state index in [1.165, 1.54) is 16.2 Å². The molecule has 0 saturated carbocycles. The van der Waals surface area contributed by atoms with Gasteiger partial charge in [0.2, 0.25) is 0 Å². The van der Waals surface area contributed by atoms with Crippen molar-refractivity contribution < 1.29 is 28.9 Å². The fourth-order valence-electron chi connectivity index (χ4n) is 5.38. The van der Waals surface area contributed by atoms with Crippen molar-refractivity contribution in [2.24, 2.45) is 5.92 Å². The van der Waals surface area contributed by atoms with E-state index >= 15 is 0 Å². The number of carbonyl (C=O) groups excluding carboxylic acids is 2. The summed E-state index contributed by atoms with van der Waals surface area (Å²) < 4.78 is 18.0. The van der Waals surface area contributed by atoms with E-state index in [0.717, 1.165) is 22.4 Å². The molecule has 3 aromatic carbocycles. The van der Waals surface area contributed by atoms with Gasteiger partial charge in [-0.3, -0.25) is 14.5 Å². The van der Waals surface area contributed by atoms with Crippen molar-refractivity contribution in [1.29, 1.82) is 0 Å². The van der Waals surface area contributed by atoms with Crippen LogP contribution < -0.4 is 19.1 Å². The lowest BCUT2D eigenvalue weighted by molar-refractivity contribution is -0.132. The lowest BCUT2D eigenvalue weighted by atomic mass is 9.94. The summed E-state index contributed by atoms with van der Waals surface area (Å²) in [6.45, 7) is 6.78. The molecule has 42 heavy (non-hydrogen) atoms. The molecule has 216 valence electrons. The number of rotatable bonds is 8. The molecular formula is C33H32N2O6S. The third-order valence-electron chi connectivity index (χ3n) is 7.54. The van der Waals surface area contributed by atoms with E-state index in [2.05, 4.69) is 13.8 Å². The number of fused-ring (bicyclic) bond motifs is 2. The van der Waals surface area contributed by atoms with Gasteiger partial charge in [-0.1, -0.05) is 37.3 Å². The van der Waals surface area contributed by atoms with Crippen molar-refractivity contribution in [3.63, 3.8) is 0 Å². The Morgan fingerprint density at radius 3 is 2.74 bits per heavy atom. The predicted molar refractivity (Wildman–Crippen MR) is 163 cm³/mol. The minimum atomic E-state index is -0.912. The van der Waals surface area contributed by atoms with Crippen LogP contribution in [-0.4, -0.2) is 41.6 Å². The summed E-state index contributed by atoms with van der Waals surface area (Å²) in [4.78, 5) is 33.5. The van der Waals surface area contributed by atoms with Crippen LogP contribution in [0.25, 0.3) is 16.0 Å². The van der Waals surface area contributed by atoms with Crippen molar-refractivity contribution >= 4 is 44.1 Å². The molecule has 0 spiro atoms. The zero-order chi connectivity index (χ0) is 29.5. The van der Waals surface area contributed by atoms with Crippen molar-refractivity contribution in [2.45, 2.75) is 45.8 Å².